The minimum absolute atomic E-state index is 0.00157. The second kappa shape index (κ2) is 11.0. The van der Waals surface area contributed by atoms with Crippen LogP contribution in [0.5, 0.6) is 11.8 Å². The van der Waals surface area contributed by atoms with Crippen molar-refractivity contribution in [2.24, 2.45) is 0 Å². The first-order valence-electron chi connectivity index (χ1n) is 15.8. The van der Waals surface area contributed by atoms with Gasteiger partial charge >= 0.3 is 6.01 Å². The highest BCUT2D eigenvalue weighted by atomic mass is 19.1. The van der Waals surface area contributed by atoms with Crippen molar-refractivity contribution in [2.45, 2.75) is 69.2 Å². The third kappa shape index (κ3) is 4.81. The number of ether oxygens (including phenoxy) is 2. The van der Waals surface area contributed by atoms with E-state index < -0.39 is 12.0 Å². The number of aromatic nitrogens is 4. The molecule has 230 valence electrons. The second-order valence-corrected chi connectivity index (χ2v) is 12.8. The molecule has 11 heteroatoms. The van der Waals surface area contributed by atoms with Crippen LogP contribution in [0, 0.1) is 5.82 Å². The van der Waals surface area contributed by atoms with Gasteiger partial charge in [0.05, 0.1) is 22.5 Å². The number of aryl methyl sites for hydroxylation is 1. The number of alkyl halides is 1. The summed E-state index contributed by atoms with van der Waals surface area (Å²) in [7, 11) is 0. The number of benzene rings is 1. The van der Waals surface area contributed by atoms with Crippen molar-refractivity contribution in [2.75, 3.05) is 44.3 Å². The molecule has 6 bridgehead atoms. The molecule has 9 nitrogen and oxygen atoms in total. The molecule has 0 radical (unpaired) electrons. The summed E-state index contributed by atoms with van der Waals surface area (Å²) in [6.07, 6.45) is 9.13. The van der Waals surface area contributed by atoms with E-state index in [0.29, 0.717) is 54.8 Å². The van der Waals surface area contributed by atoms with Gasteiger partial charge in [-0.25, -0.2) is 8.78 Å². The van der Waals surface area contributed by atoms with E-state index in [1.807, 2.05) is 6.07 Å². The minimum Gasteiger partial charge on any atom is -0.508 e. The topological polar surface area (TPSA) is 96.7 Å². The smallest absolute Gasteiger partial charge is 0.319 e. The molecule has 0 aliphatic carbocycles. The van der Waals surface area contributed by atoms with Gasteiger partial charge in [0.25, 0.3) is 0 Å². The van der Waals surface area contributed by atoms with Crippen molar-refractivity contribution in [3.8, 4) is 23.0 Å². The Morgan fingerprint density at radius 3 is 2.95 bits per heavy atom. The van der Waals surface area contributed by atoms with Crippen LogP contribution in [0.3, 0.4) is 0 Å². The molecule has 0 amide bonds. The maximum atomic E-state index is 16.8. The summed E-state index contributed by atoms with van der Waals surface area (Å²) in [6, 6.07) is 5.15. The highest BCUT2D eigenvalue weighted by molar-refractivity contribution is 6.00. The van der Waals surface area contributed by atoms with Crippen LogP contribution in [-0.4, -0.2) is 87.1 Å². The number of phenolic OH excluding ortho intramolecular Hbond substituents is 1. The van der Waals surface area contributed by atoms with Crippen LogP contribution in [0.15, 0.2) is 30.6 Å². The number of anilines is 1. The van der Waals surface area contributed by atoms with Gasteiger partial charge < -0.3 is 19.5 Å². The fourth-order valence-electron chi connectivity index (χ4n) is 7.84. The summed E-state index contributed by atoms with van der Waals surface area (Å²) in [4.78, 5) is 22.9. The maximum Gasteiger partial charge on any atom is 0.319 e. The number of nitrogens with zero attached hydrogens (tertiary/aromatic N) is 6. The molecule has 44 heavy (non-hydrogen) atoms. The van der Waals surface area contributed by atoms with Crippen LogP contribution < -0.4 is 9.64 Å². The van der Waals surface area contributed by atoms with Gasteiger partial charge in [0, 0.05) is 62.1 Å². The predicted molar refractivity (Wildman–Crippen MR) is 162 cm³/mol. The Morgan fingerprint density at radius 2 is 2.02 bits per heavy atom. The number of halogens is 2. The summed E-state index contributed by atoms with van der Waals surface area (Å²) >= 11 is 0. The fraction of sp³-hybridized carbons (Fsp3) is 0.515. The van der Waals surface area contributed by atoms with Crippen molar-refractivity contribution < 1.29 is 23.4 Å². The lowest BCUT2D eigenvalue weighted by Crippen LogP contribution is -2.43. The summed E-state index contributed by atoms with van der Waals surface area (Å²) < 4.78 is 44.0. The molecular formula is C33H36F2N6O3. The maximum absolute atomic E-state index is 16.8. The lowest BCUT2D eigenvalue weighted by atomic mass is 9.95. The van der Waals surface area contributed by atoms with E-state index in [0.717, 1.165) is 62.6 Å². The highest BCUT2D eigenvalue weighted by Gasteiger charge is 2.49. The average Bonchev–Trinajstić information content (AvgIpc) is 3.43. The third-order valence-electron chi connectivity index (χ3n) is 9.91. The van der Waals surface area contributed by atoms with Crippen molar-refractivity contribution in [3.63, 3.8) is 0 Å². The van der Waals surface area contributed by atoms with E-state index in [-0.39, 0.29) is 41.2 Å². The van der Waals surface area contributed by atoms with Crippen molar-refractivity contribution in [3.05, 3.63) is 42.0 Å². The van der Waals surface area contributed by atoms with Gasteiger partial charge in [0.15, 0.2) is 5.82 Å². The van der Waals surface area contributed by atoms with Crippen LogP contribution in [0.1, 0.15) is 50.5 Å². The lowest BCUT2D eigenvalue weighted by molar-refractivity contribution is 0.0527. The molecular weight excluding hydrogens is 566 g/mol. The van der Waals surface area contributed by atoms with Crippen molar-refractivity contribution in [1.82, 2.24) is 24.8 Å². The van der Waals surface area contributed by atoms with E-state index in [4.69, 9.17) is 14.5 Å². The monoisotopic (exact) mass is 602 g/mol. The second-order valence-electron chi connectivity index (χ2n) is 12.8. The quantitative estimate of drug-likeness (QED) is 0.332. The minimum atomic E-state index is -0.883. The summed E-state index contributed by atoms with van der Waals surface area (Å²) in [5, 5.41) is 11.9. The molecule has 1 aromatic carbocycles. The van der Waals surface area contributed by atoms with Crippen molar-refractivity contribution >= 4 is 27.6 Å². The van der Waals surface area contributed by atoms with Gasteiger partial charge in [0.2, 0.25) is 0 Å². The largest absolute Gasteiger partial charge is 0.508 e. The van der Waals surface area contributed by atoms with Gasteiger partial charge in [-0.2, -0.15) is 9.97 Å². The molecule has 5 aliphatic rings. The molecule has 8 heterocycles. The number of hydrogen-bond acceptors (Lipinski definition) is 9. The number of pyridine rings is 2. The fourth-order valence-corrected chi connectivity index (χ4v) is 7.84. The normalized spacial score (nSPS) is 25.7. The molecule has 3 atom stereocenters. The van der Waals surface area contributed by atoms with Crippen LogP contribution in [-0.2, 0) is 11.2 Å². The van der Waals surface area contributed by atoms with Gasteiger partial charge in [-0.05, 0) is 69.2 Å². The molecule has 1 N–H and O–H groups in total. The number of fused-ring (bicyclic) bond motifs is 5. The third-order valence-corrected chi connectivity index (χ3v) is 9.91. The molecule has 3 aromatic heterocycles. The zero-order valence-electron chi connectivity index (χ0n) is 24.6. The Morgan fingerprint density at radius 1 is 1.09 bits per heavy atom. The number of hydrogen-bond donors (Lipinski definition) is 1. The molecule has 9 rings (SSSR count). The molecule has 0 spiro atoms. The Balaban J connectivity index is 1.30. The Hall–Kier alpha value is -3.70. The standard InChI is InChI=1S/C33H36F2N6O3/c34-21-15-33(8-4-11-41(33)17-21)19-44-32-38-30-25-16-37-29(28(30)35)24-13-22(42)14-26-27(24)20(7-9-36-26)5-3-12-43-23-6-1-2-10-40(18-23)31(25)39-32/h7,9,13-14,16,21,23,42H,1-6,8,10-12,15,17-19H2/t21-,23-,33+/m1/s1. The van der Waals surface area contributed by atoms with Gasteiger partial charge in [-0.1, -0.05) is 0 Å². The lowest BCUT2D eigenvalue weighted by Gasteiger charge is -2.31. The van der Waals surface area contributed by atoms with Gasteiger partial charge in [-0.15, -0.1) is 0 Å². The van der Waals surface area contributed by atoms with Crippen molar-refractivity contribution in [1.29, 1.82) is 0 Å². The van der Waals surface area contributed by atoms with E-state index in [9.17, 15) is 9.50 Å². The molecule has 4 aromatic rings. The SMILES string of the molecule is Oc1cc2c3c(ccnc3c1)CCCO[C@@H]1CCCCN(C1)c1nc(OC[C@@]34CCCN3C[C@H](F)C4)nc3c(F)c-2ncc13. The molecule has 3 fully saturated rings. The van der Waals surface area contributed by atoms with Gasteiger partial charge in [-0.3, -0.25) is 14.9 Å². The molecule has 3 saturated heterocycles. The zero-order valence-corrected chi connectivity index (χ0v) is 24.6. The van der Waals surface area contributed by atoms with E-state index in [1.165, 1.54) is 0 Å². The number of aromatic hydroxyl groups is 1. The highest BCUT2D eigenvalue weighted by Crippen LogP contribution is 2.41. The van der Waals surface area contributed by atoms with E-state index in [2.05, 4.69) is 24.8 Å². The predicted octanol–water partition coefficient (Wildman–Crippen LogP) is 5.36. The molecule has 0 unspecified atom stereocenters. The zero-order chi connectivity index (χ0) is 29.8. The van der Waals surface area contributed by atoms with E-state index in [1.54, 1.807) is 24.5 Å². The summed E-state index contributed by atoms with van der Waals surface area (Å²) in [5.41, 5.74) is 1.81. The number of rotatable bonds is 3. The average molecular weight is 603 g/mol. The molecule has 0 saturated carbocycles. The first-order valence-corrected chi connectivity index (χ1v) is 15.8. The first-order chi connectivity index (χ1) is 21.5. The van der Waals surface area contributed by atoms with Crippen LogP contribution in [0.25, 0.3) is 33.1 Å². The first kappa shape index (κ1) is 27.8. The summed E-state index contributed by atoms with van der Waals surface area (Å²) in [5.74, 6) is -0.0705. The Kier molecular flexibility index (Phi) is 6.97. The van der Waals surface area contributed by atoms with Gasteiger partial charge in [0.1, 0.15) is 35.6 Å². The summed E-state index contributed by atoms with van der Waals surface area (Å²) in [6.45, 7) is 3.45. The Bertz CT molecular complexity index is 1740. The Labute approximate surface area is 254 Å². The van der Waals surface area contributed by atoms with Crippen LogP contribution in [0.4, 0.5) is 14.6 Å². The number of phenols is 1. The molecule has 5 aliphatic heterocycles. The van der Waals surface area contributed by atoms with E-state index >= 15 is 4.39 Å². The van der Waals surface area contributed by atoms with Crippen LogP contribution >= 0.6 is 0 Å². The van der Waals surface area contributed by atoms with Crippen LogP contribution in [0.2, 0.25) is 0 Å².